The van der Waals surface area contributed by atoms with Gasteiger partial charge in [0.2, 0.25) is 0 Å². The molecule has 136 valence electrons. The highest BCUT2D eigenvalue weighted by Crippen LogP contribution is 2.30. The van der Waals surface area contributed by atoms with E-state index in [0.717, 1.165) is 0 Å². The van der Waals surface area contributed by atoms with Crippen molar-refractivity contribution in [3.63, 3.8) is 0 Å². The molecule has 0 radical (unpaired) electrons. The molecular weight excluding hydrogens is 339 g/mol. The Balaban J connectivity index is 1.58. The quantitative estimate of drug-likeness (QED) is 0.784. The average Bonchev–Trinajstić information content (AvgIpc) is 2.60. The average molecular weight is 358 g/mol. The number of benzene rings is 2. The first-order chi connectivity index (χ1) is 12.4. The lowest BCUT2D eigenvalue weighted by atomic mass is 10.2. The van der Waals surface area contributed by atoms with E-state index >= 15 is 0 Å². The highest BCUT2D eigenvalue weighted by atomic mass is 19.1. The lowest BCUT2D eigenvalue weighted by Crippen LogP contribution is -2.29. The van der Waals surface area contributed by atoms with E-state index in [-0.39, 0.29) is 24.9 Å². The van der Waals surface area contributed by atoms with Crippen LogP contribution in [0, 0.1) is 5.82 Å². The molecule has 0 aromatic heterocycles. The van der Waals surface area contributed by atoms with Gasteiger partial charge in [0, 0.05) is 32.4 Å². The zero-order valence-corrected chi connectivity index (χ0v) is 14.4. The first kappa shape index (κ1) is 17.5. The van der Waals surface area contributed by atoms with Crippen molar-refractivity contribution in [1.29, 1.82) is 0 Å². The van der Waals surface area contributed by atoms with Crippen molar-refractivity contribution in [2.24, 2.45) is 0 Å². The van der Waals surface area contributed by atoms with Crippen LogP contribution in [0.15, 0.2) is 36.4 Å². The summed E-state index contributed by atoms with van der Waals surface area (Å²) in [4.78, 5) is 25.0. The highest BCUT2D eigenvalue weighted by molar-refractivity contribution is 5.96. The number of hydrogen-bond acceptors (Lipinski definition) is 4. The third-order valence-corrected chi connectivity index (χ3v) is 3.82. The molecule has 1 aliphatic rings. The van der Waals surface area contributed by atoms with Gasteiger partial charge in [-0.05, 0) is 29.8 Å². The normalized spacial score (nSPS) is 12.5. The molecule has 0 aliphatic carbocycles. The minimum Gasteiger partial charge on any atom is -0.482 e. The molecule has 2 aromatic rings. The minimum atomic E-state index is -0.429. The Morgan fingerprint density at radius 3 is 2.81 bits per heavy atom. The van der Waals surface area contributed by atoms with E-state index in [1.54, 1.807) is 49.3 Å². The summed E-state index contributed by atoms with van der Waals surface area (Å²) in [6.07, 6.45) is 0. The predicted molar refractivity (Wildman–Crippen MR) is 97.2 cm³/mol. The van der Waals surface area contributed by atoms with Crippen molar-refractivity contribution in [2.45, 2.75) is 6.54 Å². The van der Waals surface area contributed by atoms with E-state index in [1.807, 2.05) is 0 Å². The molecule has 26 heavy (non-hydrogen) atoms. The molecule has 0 bridgehead atoms. The van der Waals surface area contributed by atoms with Gasteiger partial charge in [0.25, 0.3) is 5.91 Å². The van der Waals surface area contributed by atoms with E-state index < -0.39 is 6.03 Å². The molecule has 0 atom stereocenters. The second kappa shape index (κ2) is 7.30. The molecule has 1 heterocycles. The largest absolute Gasteiger partial charge is 0.482 e. The zero-order chi connectivity index (χ0) is 18.7. The van der Waals surface area contributed by atoms with Gasteiger partial charge in [-0.1, -0.05) is 6.07 Å². The van der Waals surface area contributed by atoms with Gasteiger partial charge in [0.05, 0.1) is 11.4 Å². The Bertz CT molecular complexity index is 854. The molecule has 3 amide bonds. The standard InChI is InChI=1S/C18H19FN4O3/c1-23(2)15-6-3-11(7-13(15)19)9-20-18(25)21-12-4-5-14-16(8-12)26-10-17(24)22-14/h3-8H,9-10H2,1-2H3,(H,22,24)(H2,20,21,25). The third-order valence-electron chi connectivity index (χ3n) is 3.82. The van der Waals surface area contributed by atoms with Crippen molar-refractivity contribution >= 4 is 29.0 Å². The molecule has 0 saturated carbocycles. The summed E-state index contributed by atoms with van der Waals surface area (Å²) < 4.78 is 19.2. The number of ether oxygens (including phenoxy) is 1. The van der Waals surface area contributed by atoms with E-state index in [0.29, 0.717) is 28.4 Å². The maximum absolute atomic E-state index is 13.9. The smallest absolute Gasteiger partial charge is 0.319 e. The fraction of sp³-hybridized carbons (Fsp3) is 0.222. The predicted octanol–water partition coefficient (Wildman–Crippen LogP) is 2.54. The van der Waals surface area contributed by atoms with Gasteiger partial charge >= 0.3 is 6.03 Å². The van der Waals surface area contributed by atoms with Gasteiger partial charge < -0.3 is 25.6 Å². The Morgan fingerprint density at radius 1 is 1.27 bits per heavy atom. The van der Waals surface area contributed by atoms with Crippen molar-refractivity contribution in [3.05, 3.63) is 47.8 Å². The molecule has 0 unspecified atom stereocenters. The summed E-state index contributed by atoms with van der Waals surface area (Å²) in [5.41, 5.74) is 2.22. The first-order valence-electron chi connectivity index (χ1n) is 7.99. The number of hydrogen-bond donors (Lipinski definition) is 3. The lowest BCUT2D eigenvalue weighted by molar-refractivity contribution is -0.118. The van der Waals surface area contributed by atoms with Crippen LogP contribution in [0.2, 0.25) is 0 Å². The van der Waals surface area contributed by atoms with E-state index in [9.17, 15) is 14.0 Å². The van der Waals surface area contributed by atoms with Crippen molar-refractivity contribution in [3.8, 4) is 5.75 Å². The Morgan fingerprint density at radius 2 is 2.08 bits per heavy atom. The molecule has 7 nitrogen and oxygen atoms in total. The number of halogens is 1. The van der Waals surface area contributed by atoms with Gasteiger partial charge in [-0.3, -0.25) is 4.79 Å². The number of urea groups is 1. The number of nitrogens with one attached hydrogen (secondary N) is 3. The molecule has 0 saturated heterocycles. The van der Waals surface area contributed by atoms with Gasteiger partial charge in [0.15, 0.2) is 6.61 Å². The van der Waals surface area contributed by atoms with Crippen LogP contribution in [0.25, 0.3) is 0 Å². The van der Waals surface area contributed by atoms with Crippen LogP contribution < -0.4 is 25.6 Å². The number of rotatable bonds is 4. The van der Waals surface area contributed by atoms with Crippen LogP contribution in [0.3, 0.4) is 0 Å². The molecule has 3 N–H and O–H groups in total. The van der Waals surface area contributed by atoms with Gasteiger partial charge in [0.1, 0.15) is 11.6 Å². The number of fused-ring (bicyclic) bond motifs is 1. The molecule has 1 aliphatic heterocycles. The van der Waals surface area contributed by atoms with Crippen molar-refractivity contribution in [1.82, 2.24) is 5.32 Å². The van der Waals surface area contributed by atoms with E-state index in [2.05, 4.69) is 16.0 Å². The number of carbonyl (C=O) groups is 2. The molecule has 0 spiro atoms. The Kier molecular flexibility index (Phi) is 4.92. The molecule has 3 rings (SSSR count). The summed E-state index contributed by atoms with van der Waals surface area (Å²) in [5.74, 6) is -0.0733. The maximum Gasteiger partial charge on any atom is 0.319 e. The third kappa shape index (κ3) is 4.02. The van der Waals surface area contributed by atoms with Gasteiger partial charge in [-0.25, -0.2) is 9.18 Å². The molecule has 8 heteroatoms. The number of nitrogens with zero attached hydrogens (tertiary/aromatic N) is 1. The fourth-order valence-corrected chi connectivity index (χ4v) is 2.53. The van der Waals surface area contributed by atoms with E-state index in [1.165, 1.54) is 6.07 Å². The maximum atomic E-state index is 13.9. The van der Waals surface area contributed by atoms with E-state index in [4.69, 9.17) is 4.74 Å². The van der Waals surface area contributed by atoms with Crippen LogP contribution in [-0.4, -0.2) is 32.6 Å². The molecule has 2 aromatic carbocycles. The number of anilines is 3. The van der Waals surface area contributed by atoms with Crippen LogP contribution in [-0.2, 0) is 11.3 Å². The van der Waals surface area contributed by atoms with Gasteiger partial charge in [-0.2, -0.15) is 0 Å². The molecular formula is C18H19FN4O3. The fourth-order valence-electron chi connectivity index (χ4n) is 2.53. The SMILES string of the molecule is CN(C)c1ccc(CNC(=O)Nc2ccc3c(c2)OCC(=O)N3)cc1F. The van der Waals surface area contributed by atoms with Crippen LogP contribution in [0.5, 0.6) is 5.75 Å². The second-order valence-corrected chi connectivity index (χ2v) is 6.04. The summed E-state index contributed by atoms with van der Waals surface area (Å²) in [6, 6.07) is 9.32. The first-order valence-corrected chi connectivity index (χ1v) is 7.99. The van der Waals surface area contributed by atoms with Crippen molar-refractivity contribution < 1.29 is 18.7 Å². The Hall–Kier alpha value is -3.29. The number of carbonyl (C=O) groups excluding carboxylic acids is 2. The summed E-state index contributed by atoms with van der Waals surface area (Å²) >= 11 is 0. The summed E-state index contributed by atoms with van der Waals surface area (Å²) in [5, 5.41) is 8.02. The topological polar surface area (TPSA) is 82.7 Å². The van der Waals surface area contributed by atoms with Gasteiger partial charge in [-0.15, -0.1) is 0 Å². The van der Waals surface area contributed by atoms with Crippen molar-refractivity contribution in [2.75, 3.05) is 36.2 Å². The molecule has 0 fully saturated rings. The number of amides is 3. The summed E-state index contributed by atoms with van der Waals surface area (Å²) in [6.45, 7) is 0.130. The second-order valence-electron chi connectivity index (χ2n) is 6.04. The minimum absolute atomic E-state index is 0.0584. The zero-order valence-electron chi connectivity index (χ0n) is 14.4. The van der Waals surface area contributed by atoms with Crippen LogP contribution in [0.4, 0.5) is 26.2 Å². The van der Waals surface area contributed by atoms with Crippen LogP contribution >= 0.6 is 0 Å². The summed E-state index contributed by atoms with van der Waals surface area (Å²) in [7, 11) is 3.52. The lowest BCUT2D eigenvalue weighted by Gasteiger charge is -2.18. The van der Waals surface area contributed by atoms with Crippen LogP contribution in [0.1, 0.15) is 5.56 Å². The highest BCUT2D eigenvalue weighted by Gasteiger charge is 2.16. The Labute approximate surface area is 150 Å². The monoisotopic (exact) mass is 358 g/mol.